The number of aryl methyl sites for hydroxylation is 1. The molecule has 2 rings (SSSR count). The molecule has 0 saturated carbocycles. The van der Waals surface area contributed by atoms with Gasteiger partial charge in [-0.1, -0.05) is 17.8 Å². The molecule has 1 N–H and O–H groups in total. The van der Waals surface area contributed by atoms with Crippen molar-refractivity contribution >= 4 is 17.9 Å². The van der Waals surface area contributed by atoms with E-state index in [0.29, 0.717) is 29.0 Å². The number of rotatable bonds is 8. The van der Waals surface area contributed by atoms with Gasteiger partial charge in [0.25, 0.3) is 0 Å². The number of alkyl halides is 3. The highest BCUT2D eigenvalue weighted by Crippen LogP contribution is 2.26. The van der Waals surface area contributed by atoms with Gasteiger partial charge in [0.2, 0.25) is 0 Å². The Kier molecular flexibility index (Phi) is 6.72. The Morgan fingerprint density at radius 3 is 2.88 bits per heavy atom. The van der Waals surface area contributed by atoms with E-state index in [9.17, 15) is 18.0 Å². The van der Waals surface area contributed by atoms with Crippen molar-refractivity contribution in [3.63, 3.8) is 0 Å². The Morgan fingerprint density at radius 1 is 1.50 bits per heavy atom. The minimum Gasteiger partial charge on any atom is -0.469 e. The summed E-state index contributed by atoms with van der Waals surface area (Å²) < 4.78 is 47.0. The van der Waals surface area contributed by atoms with Crippen molar-refractivity contribution in [2.24, 2.45) is 0 Å². The van der Waals surface area contributed by atoms with Crippen molar-refractivity contribution in [1.29, 1.82) is 0 Å². The van der Waals surface area contributed by atoms with E-state index in [0.717, 1.165) is 5.56 Å². The molecule has 0 fully saturated rings. The number of halogens is 3. The van der Waals surface area contributed by atoms with Crippen LogP contribution in [0.25, 0.3) is 11.4 Å². The van der Waals surface area contributed by atoms with Crippen molar-refractivity contribution in [1.82, 2.24) is 20.1 Å². The average Bonchev–Trinajstić information content (AvgIpc) is 3.15. The van der Waals surface area contributed by atoms with Gasteiger partial charge in [0.1, 0.15) is 5.76 Å². The summed E-state index contributed by atoms with van der Waals surface area (Å²) in [5.41, 5.74) is 0.806. The van der Waals surface area contributed by atoms with E-state index in [2.05, 4.69) is 26.8 Å². The number of allylic oxidation sites excluding steroid dienone is 1. The molecule has 142 valence electrons. The average molecular weight is 390 g/mol. The van der Waals surface area contributed by atoms with Gasteiger partial charge in [0, 0.05) is 18.8 Å². The van der Waals surface area contributed by atoms with Crippen LogP contribution >= 0.6 is 11.8 Å². The van der Waals surface area contributed by atoms with Crippen LogP contribution in [-0.2, 0) is 11.3 Å². The third-order valence-corrected chi connectivity index (χ3v) is 4.07. The fourth-order valence-corrected chi connectivity index (χ4v) is 2.80. The number of nitrogens with one attached hydrogen (secondary N) is 1. The quantitative estimate of drug-likeness (QED) is 0.423. The molecular weight excluding hydrogens is 373 g/mol. The molecule has 0 aliphatic rings. The van der Waals surface area contributed by atoms with E-state index >= 15 is 0 Å². The number of amides is 1. The van der Waals surface area contributed by atoms with Crippen molar-refractivity contribution in [2.75, 3.05) is 18.9 Å². The summed E-state index contributed by atoms with van der Waals surface area (Å²) in [5.74, 6) is 1.70. The van der Waals surface area contributed by atoms with Gasteiger partial charge in [0.05, 0.1) is 11.8 Å². The lowest BCUT2D eigenvalue weighted by molar-refractivity contribution is -0.160. The molecular formula is C15H17F3N4O3S. The van der Waals surface area contributed by atoms with Crippen molar-refractivity contribution in [2.45, 2.75) is 24.8 Å². The molecule has 26 heavy (non-hydrogen) atoms. The van der Waals surface area contributed by atoms with Crippen molar-refractivity contribution in [3.05, 3.63) is 30.7 Å². The Morgan fingerprint density at radius 2 is 2.27 bits per heavy atom. The molecule has 0 aliphatic heterocycles. The van der Waals surface area contributed by atoms with Crippen LogP contribution in [0.1, 0.15) is 5.76 Å². The third-order valence-electron chi connectivity index (χ3n) is 3.10. The van der Waals surface area contributed by atoms with Crippen molar-refractivity contribution in [3.8, 4) is 11.4 Å². The van der Waals surface area contributed by atoms with E-state index in [-0.39, 0.29) is 6.54 Å². The van der Waals surface area contributed by atoms with E-state index in [1.165, 1.54) is 11.8 Å². The number of alkyl carbamates (subject to hydrolysis) is 1. The number of furan rings is 1. The fraction of sp³-hybridized carbons (Fsp3) is 0.400. The van der Waals surface area contributed by atoms with Gasteiger partial charge in [-0.25, -0.2) is 4.79 Å². The second kappa shape index (κ2) is 8.79. The molecule has 0 aliphatic carbocycles. The number of thioether (sulfide) groups is 1. The van der Waals surface area contributed by atoms with Crippen LogP contribution in [0.2, 0.25) is 0 Å². The summed E-state index contributed by atoms with van der Waals surface area (Å²) in [7, 11) is 0. The Hall–Kier alpha value is -2.43. The first-order valence-corrected chi connectivity index (χ1v) is 8.49. The summed E-state index contributed by atoms with van der Waals surface area (Å²) in [4.78, 5) is 11.2. The summed E-state index contributed by atoms with van der Waals surface area (Å²) in [6, 6.07) is 1.78. The SMILES string of the molecule is C=CCn1c(SCCNC(=O)OCC(F)(F)F)nnc1-c1ccoc1C. The van der Waals surface area contributed by atoms with Crippen LogP contribution in [0.3, 0.4) is 0 Å². The minimum absolute atomic E-state index is 0.113. The summed E-state index contributed by atoms with van der Waals surface area (Å²) in [6.45, 7) is 4.48. The first-order chi connectivity index (χ1) is 12.3. The predicted octanol–water partition coefficient (Wildman–Crippen LogP) is 3.41. The molecule has 2 heterocycles. The maximum absolute atomic E-state index is 11.9. The first-order valence-electron chi connectivity index (χ1n) is 7.50. The highest BCUT2D eigenvalue weighted by atomic mass is 32.2. The van der Waals surface area contributed by atoms with Crippen LogP contribution in [0.5, 0.6) is 0 Å². The molecule has 1 amide bonds. The topological polar surface area (TPSA) is 82.2 Å². The fourth-order valence-electron chi connectivity index (χ4n) is 2.00. The second-order valence-electron chi connectivity index (χ2n) is 5.06. The Balaban J connectivity index is 1.90. The molecule has 0 spiro atoms. The van der Waals surface area contributed by atoms with Crippen LogP contribution in [0.4, 0.5) is 18.0 Å². The van der Waals surface area contributed by atoms with E-state index < -0.39 is 18.9 Å². The molecule has 0 radical (unpaired) electrons. The Bertz CT molecular complexity index is 758. The monoisotopic (exact) mass is 390 g/mol. The smallest absolute Gasteiger partial charge is 0.422 e. The molecule has 0 atom stereocenters. The van der Waals surface area contributed by atoms with Gasteiger partial charge in [0.15, 0.2) is 17.6 Å². The van der Waals surface area contributed by atoms with Crippen molar-refractivity contribution < 1.29 is 27.1 Å². The minimum atomic E-state index is -4.55. The van der Waals surface area contributed by atoms with Crippen LogP contribution in [0, 0.1) is 6.92 Å². The molecule has 2 aromatic rings. The van der Waals surface area contributed by atoms with Gasteiger partial charge < -0.3 is 14.5 Å². The van der Waals surface area contributed by atoms with Gasteiger partial charge in [-0.05, 0) is 13.0 Å². The summed E-state index contributed by atoms with van der Waals surface area (Å²) in [6.07, 6.45) is -2.42. The van der Waals surface area contributed by atoms with E-state index in [1.54, 1.807) is 18.4 Å². The zero-order chi connectivity index (χ0) is 19.2. The molecule has 2 aromatic heterocycles. The maximum Gasteiger partial charge on any atom is 0.422 e. The van der Waals surface area contributed by atoms with Gasteiger partial charge in [-0.15, -0.1) is 16.8 Å². The lowest BCUT2D eigenvalue weighted by Gasteiger charge is -2.09. The molecule has 0 bridgehead atoms. The van der Waals surface area contributed by atoms with Crippen LogP contribution in [0.15, 0.2) is 34.6 Å². The molecule has 7 nitrogen and oxygen atoms in total. The van der Waals surface area contributed by atoms with Crippen LogP contribution < -0.4 is 5.32 Å². The summed E-state index contributed by atoms with van der Waals surface area (Å²) >= 11 is 1.30. The first kappa shape index (κ1) is 19.9. The molecule has 11 heteroatoms. The van der Waals surface area contributed by atoms with E-state index in [1.807, 2.05) is 11.5 Å². The second-order valence-corrected chi connectivity index (χ2v) is 6.12. The standard InChI is InChI=1S/C15H17F3N4O3S/c1-3-6-22-12(11-4-7-24-10(11)2)20-21-13(22)26-8-5-19-14(23)25-9-15(16,17)18/h3-4,7H,1,5-6,8-9H2,2H3,(H,19,23). The summed E-state index contributed by atoms with van der Waals surface area (Å²) in [5, 5.41) is 11.1. The number of ether oxygens (including phenoxy) is 1. The number of hydrogen-bond donors (Lipinski definition) is 1. The number of nitrogens with zero attached hydrogens (tertiary/aromatic N) is 3. The van der Waals surface area contributed by atoms with Crippen LogP contribution in [-0.4, -0.2) is 45.9 Å². The maximum atomic E-state index is 11.9. The highest BCUT2D eigenvalue weighted by Gasteiger charge is 2.29. The number of carbonyl (C=O) groups excluding carboxylic acids is 1. The number of carbonyl (C=O) groups is 1. The zero-order valence-electron chi connectivity index (χ0n) is 13.9. The number of aromatic nitrogens is 3. The predicted molar refractivity (Wildman–Crippen MR) is 88.8 cm³/mol. The number of hydrogen-bond acceptors (Lipinski definition) is 6. The van der Waals surface area contributed by atoms with Gasteiger partial charge in [-0.2, -0.15) is 13.2 Å². The Labute approximate surface area is 151 Å². The normalized spacial score (nSPS) is 11.4. The zero-order valence-corrected chi connectivity index (χ0v) is 14.7. The molecule has 0 unspecified atom stereocenters. The third kappa shape index (κ3) is 5.55. The largest absolute Gasteiger partial charge is 0.469 e. The highest BCUT2D eigenvalue weighted by molar-refractivity contribution is 7.99. The lowest BCUT2D eigenvalue weighted by Crippen LogP contribution is -2.30. The molecule has 0 aromatic carbocycles. The van der Waals surface area contributed by atoms with Gasteiger partial charge in [-0.3, -0.25) is 4.57 Å². The molecule has 0 saturated heterocycles. The van der Waals surface area contributed by atoms with E-state index in [4.69, 9.17) is 4.42 Å². The lowest BCUT2D eigenvalue weighted by atomic mass is 10.2. The van der Waals surface area contributed by atoms with Gasteiger partial charge >= 0.3 is 12.3 Å².